The maximum Gasteiger partial charge on any atom is 0.336 e. The average molecular weight is 334 g/mol. The van der Waals surface area contributed by atoms with Gasteiger partial charge in [0.2, 0.25) is 11.8 Å². The summed E-state index contributed by atoms with van der Waals surface area (Å²) in [6.45, 7) is 3.20. The van der Waals surface area contributed by atoms with Gasteiger partial charge in [-0.05, 0) is 24.5 Å². The molecule has 0 spiro atoms. The van der Waals surface area contributed by atoms with Gasteiger partial charge in [-0.1, -0.05) is 31.2 Å². The summed E-state index contributed by atoms with van der Waals surface area (Å²) < 4.78 is 4.84. The first-order valence-corrected chi connectivity index (χ1v) is 7.51. The number of benzene rings is 1. The lowest BCUT2D eigenvalue weighted by Gasteiger charge is -2.31. The summed E-state index contributed by atoms with van der Waals surface area (Å²) in [6.07, 6.45) is -0.0247. The second-order valence-corrected chi connectivity index (χ2v) is 5.52. The van der Waals surface area contributed by atoms with Gasteiger partial charge in [-0.2, -0.15) is 0 Å². The molecule has 130 valence electrons. The minimum atomic E-state index is -1.42. The van der Waals surface area contributed by atoms with E-state index >= 15 is 0 Å². The number of amides is 2. The van der Waals surface area contributed by atoms with Gasteiger partial charge in [0.05, 0.1) is 7.11 Å². The van der Waals surface area contributed by atoms with Crippen LogP contribution < -0.4 is 11.1 Å². The number of carbonyl (C=O) groups is 4. The number of ether oxygens (including phenoxy) is 1. The van der Waals surface area contributed by atoms with Crippen molar-refractivity contribution in [3.63, 3.8) is 0 Å². The lowest BCUT2D eigenvalue weighted by molar-refractivity contribution is -0.152. The molecule has 7 heteroatoms. The molecule has 1 rings (SSSR count). The Morgan fingerprint density at radius 2 is 1.75 bits per heavy atom. The third-order valence-electron chi connectivity index (χ3n) is 3.65. The first-order valence-electron chi connectivity index (χ1n) is 7.51. The predicted molar refractivity (Wildman–Crippen MR) is 86.8 cm³/mol. The molecule has 0 saturated carbocycles. The molecule has 0 aliphatic carbocycles. The lowest BCUT2D eigenvalue weighted by Crippen LogP contribution is -2.52. The zero-order valence-electron chi connectivity index (χ0n) is 14.0. The zero-order chi connectivity index (χ0) is 18.3. The summed E-state index contributed by atoms with van der Waals surface area (Å²) >= 11 is 0. The van der Waals surface area contributed by atoms with Gasteiger partial charge in [-0.15, -0.1) is 0 Å². The monoisotopic (exact) mass is 334 g/mol. The van der Waals surface area contributed by atoms with Gasteiger partial charge in [-0.25, -0.2) is 4.79 Å². The summed E-state index contributed by atoms with van der Waals surface area (Å²) in [5, 5.41) is 2.56. The van der Waals surface area contributed by atoms with Crippen LogP contribution in [0.5, 0.6) is 0 Å². The summed E-state index contributed by atoms with van der Waals surface area (Å²) in [7, 11) is 1.22. The highest BCUT2D eigenvalue weighted by atomic mass is 16.5. The maximum absolute atomic E-state index is 12.3. The fraction of sp³-hybridized carbons (Fsp3) is 0.412. The molecule has 0 aliphatic heterocycles. The number of rotatable bonds is 8. The first-order chi connectivity index (χ1) is 11.2. The van der Waals surface area contributed by atoms with Gasteiger partial charge in [-0.3, -0.25) is 14.4 Å². The molecule has 7 nitrogen and oxygen atoms in total. The molecule has 3 N–H and O–H groups in total. The van der Waals surface area contributed by atoms with E-state index in [1.54, 1.807) is 31.2 Å². The lowest BCUT2D eigenvalue weighted by atomic mass is 9.86. The fourth-order valence-corrected chi connectivity index (χ4v) is 2.49. The molecule has 0 saturated heterocycles. The number of Topliss-reactive ketones (excluding diaryl/α,β-unsaturated/α-hetero) is 1. The highest BCUT2D eigenvalue weighted by Crippen LogP contribution is 2.27. The number of primary amides is 1. The third kappa shape index (κ3) is 4.65. The van der Waals surface area contributed by atoms with Crippen molar-refractivity contribution >= 4 is 23.6 Å². The Labute approximate surface area is 140 Å². The van der Waals surface area contributed by atoms with Crippen LogP contribution in [-0.2, 0) is 35.9 Å². The summed E-state index contributed by atoms with van der Waals surface area (Å²) in [6, 6.07) is 6.74. The normalized spacial score (nSPS) is 12.8. The minimum Gasteiger partial charge on any atom is -0.467 e. The molecule has 24 heavy (non-hydrogen) atoms. The van der Waals surface area contributed by atoms with Gasteiger partial charge >= 0.3 is 5.97 Å². The van der Waals surface area contributed by atoms with Crippen molar-refractivity contribution in [1.82, 2.24) is 5.32 Å². The molecule has 1 aromatic carbocycles. The third-order valence-corrected chi connectivity index (χ3v) is 3.65. The van der Waals surface area contributed by atoms with Crippen LogP contribution in [0.2, 0.25) is 0 Å². The Morgan fingerprint density at radius 1 is 1.17 bits per heavy atom. The van der Waals surface area contributed by atoms with Crippen LogP contribution in [0.25, 0.3) is 0 Å². The standard InChI is InChI=1S/C17H22N2O5/c1-4-17(16(23)24-3,19-15(22)10-14(18)21)13-7-5-12(6-8-13)9-11(2)20/h5-8H,4,9-10H2,1-3H3,(H2,18,21)(H,19,22). The summed E-state index contributed by atoms with van der Waals surface area (Å²) in [4.78, 5) is 46.4. The van der Waals surface area contributed by atoms with Crippen LogP contribution in [0, 0.1) is 0 Å². The summed E-state index contributed by atoms with van der Waals surface area (Å²) in [5.41, 5.74) is 4.90. The van der Waals surface area contributed by atoms with Crippen LogP contribution in [0.15, 0.2) is 24.3 Å². The van der Waals surface area contributed by atoms with Crippen LogP contribution in [0.4, 0.5) is 0 Å². The van der Waals surface area contributed by atoms with Gasteiger partial charge in [0, 0.05) is 6.42 Å². The van der Waals surface area contributed by atoms with E-state index in [-0.39, 0.29) is 18.6 Å². The number of nitrogens with two attached hydrogens (primary N) is 1. The Hall–Kier alpha value is -2.70. The first kappa shape index (κ1) is 19.3. The van der Waals surface area contributed by atoms with E-state index in [9.17, 15) is 19.2 Å². The average Bonchev–Trinajstić information content (AvgIpc) is 2.51. The zero-order valence-corrected chi connectivity index (χ0v) is 14.0. The number of carbonyl (C=O) groups excluding carboxylic acids is 4. The second-order valence-electron chi connectivity index (χ2n) is 5.52. The molecule has 2 amide bonds. The van der Waals surface area contributed by atoms with E-state index in [1.165, 1.54) is 14.0 Å². The highest BCUT2D eigenvalue weighted by Gasteiger charge is 2.41. The molecule has 0 heterocycles. The van der Waals surface area contributed by atoms with Crippen molar-refractivity contribution < 1.29 is 23.9 Å². The van der Waals surface area contributed by atoms with Gasteiger partial charge in [0.25, 0.3) is 0 Å². The van der Waals surface area contributed by atoms with Crippen molar-refractivity contribution in [2.24, 2.45) is 5.73 Å². The number of esters is 1. The van der Waals surface area contributed by atoms with Crippen LogP contribution in [0.1, 0.15) is 37.8 Å². The molecule has 1 atom stereocenters. The second kappa shape index (κ2) is 8.24. The smallest absolute Gasteiger partial charge is 0.336 e. The summed E-state index contributed by atoms with van der Waals surface area (Å²) in [5.74, 6) is -2.09. The van der Waals surface area contributed by atoms with E-state index < -0.39 is 29.7 Å². The quantitative estimate of drug-likeness (QED) is 0.533. The number of methoxy groups -OCH3 is 1. The fourth-order valence-electron chi connectivity index (χ4n) is 2.49. The molecule has 1 unspecified atom stereocenters. The Kier molecular flexibility index (Phi) is 6.64. The van der Waals surface area contributed by atoms with E-state index in [0.717, 1.165) is 5.56 Å². The number of hydrogen-bond acceptors (Lipinski definition) is 5. The molecule has 0 bridgehead atoms. The Bertz CT molecular complexity index is 639. The molecular weight excluding hydrogens is 312 g/mol. The number of hydrogen-bond donors (Lipinski definition) is 2. The van der Waals surface area contributed by atoms with Crippen molar-refractivity contribution in [2.45, 2.75) is 38.6 Å². The number of nitrogens with one attached hydrogen (secondary N) is 1. The van der Waals surface area contributed by atoms with Crippen molar-refractivity contribution in [3.05, 3.63) is 35.4 Å². The Morgan fingerprint density at radius 3 is 2.17 bits per heavy atom. The van der Waals surface area contributed by atoms with E-state index in [2.05, 4.69) is 5.32 Å². The minimum absolute atomic E-state index is 0.0206. The molecule has 0 aromatic heterocycles. The maximum atomic E-state index is 12.3. The van der Waals surface area contributed by atoms with E-state index in [0.29, 0.717) is 5.56 Å². The molecule has 1 aromatic rings. The van der Waals surface area contributed by atoms with Gasteiger partial charge in [0.1, 0.15) is 12.2 Å². The highest BCUT2D eigenvalue weighted by molar-refractivity contribution is 5.98. The van der Waals surface area contributed by atoms with Crippen LogP contribution in [0.3, 0.4) is 0 Å². The molecule has 0 fully saturated rings. The Balaban J connectivity index is 3.21. The van der Waals surface area contributed by atoms with Crippen molar-refractivity contribution in [3.8, 4) is 0 Å². The van der Waals surface area contributed by atoms with Crippen LogP contribution in [-0.4, -0.2) is 30.7 Å². The SMILES string of the molecule is CCC(NC(=O)CC(N)=O)(C(=O)OC)c1ccc(CC(C)=O)cc1. The molecule has 0 radical (unpaired) electrons. The molecular formula is C17H22N2O5. The van der Waals surface area contributed by atoms with Crippen LogP contribution >= 0.6 is 0 Å². The van der Waals surface area contributed by atoms with E-state index in [1.807, 2.05) is 0 Å². The van der Waals surface area contributed by atoms with Gasteiger partial charge in [0.15, 0.2) is 5.54 Å². The van der Waals surface area contributed by atoms with E-state index in [4.69, 9.17) is 10.5 Å². The van der Waals surface area contributed by atoms with Crippen molar-refractivity contribution in [1.29, 1.82) is 0 Å². The van der Waals surface area contributed by atoms with Crippen molar-refractivity contribution in [2.75, 3.05) is 7.11 Å². The van der Waals surface area contributed by atoms with Gasteiger partial charge < -0.3 is 15.8 Å². The number of ketones is 1. The topological polar surface area (TPSA) is 116 Å². The molecule has 0 aliphatic rings. The predicted octanol–water partition coefficient (Wildman–Crippen LogP) is 0.588. The largest absolute Gasteiger partial charge is 0.467 e.